The van der Waals surface area contributed by atoms with Crippen molar-refractivity contribution in [1.82, 2.24) is 0 Å². The van der Waals surface area contributed by atoms with Gasteiger partial charge in [0.15, 0.2) is 0 Å². The fraction of sp³-hybridized carbons (Fsp3) is 0. The van der Waals surface area contributed by atoms with E-state index in [2.05, 4.69) is 72.8 Å². The average Bonchev–Trinajstić information content (AvgIpc) is 4.03. The molecule has 4 aromatic carbocycles. The fourth-order valence-corrected chi connectivity index (χ4v) is 10.4. The summed E-state index contributed by atoms with van der Waals surface area (Å²) >= 11 is 4.67. The predicted molar refractivity (Wildman–Crippen MR) is 210 cm³/mol. The smallest absolute Gasteiger partial charge is 0.101 e. The maximum atomic E-state index is 11.0. The summed E-state index contributed by atoms with van der Waals surface area (Å²) in [7, 11) is 0. The topological polar surface area (TPSA) is 71.4 Å². The van der Waals surface area contributed by atoms with Crippen LogP contribution in [-0.4, -0.2) is 0 Å². The maximum Gasteiger partial charge on any atom is 0.101 e. The van der Waals surface area contributed by atoms with Crippen molar-refractivity contribution in [3.8, 4) is 51.6 Å². The molecular weight excluding hydrogens is 679 g/mol. The van der Waals surface area contributed by atoms with Gasteiger partial charge in [-0.1, -0.05) is 91.0 Å². The molecule has 3 heterocycles. The lowest BCUT2D eigenvalue weighted by Gasteiger charge is -2.20. The zero-order valence-corrected chi connectivity index (χ0v) is 29.1. The molecule has 0 saturated heterocycles. The first-order valence-electron chi connectivity index (χ1n) is 16.3. The molecule has 10 rings (SSSR count). The number of benzene rings is 4. The van der Waals surface area contributed by atoms with Gasteiger partial charge in [0.05, 0.1) is 16.7 Å². The first-order valence-corrected chi connectivity index (χ1v) is 19.0. The first kappa shape index (κ1) is 29.6. The molecule has 51 heavy (non-hydrogen) atoms. The largest absolute Gasteiger partial charge is 0.192 e. The van der Waals surface area contributed by atoms with E-state index in [1.807, 2.05) is 70.7 Å². The fourth-order valence-electron chi connectivity index (χ4n) is 8.21. The van der Waals surface area contributed by atoms with Gasteiger partial charge in [0, 0.05) is 48.0 Å². The molecule has 0 fully saturated rings. The van der Waals surface area contributed by atoms with Crippen LogP contribution >= 0.6 is 34.0 Å². The number of hydrogen-bond acceptors (Lipinski definition) is 6. The van der Waals surface area contributed by atoms with Gasteiger partial charge in [0.1, 0.15) is 18.2 Å². The zero-order chi connectivity index (χ0) is 34.2. The Hall–Kier alpha value is -6.33. The molecule has 0 atom stereocenters. The molecule has 3 nitrogen and oxygen atoms in total. The number of thiophene rings is 3. The Morgan fingerprint density at radius 1 is 0.333 bits per heavy atom. The quantitative estimate of drug-likeness (QED) is 0.172. The van der Waals surface area contributed by atoms with Gasteiger partial charge >= 0.3 is 0 Å². The van der Waals surface area contributed by atoms with Crippen molar-refractivity contribution in [3.05, 3.63) is 173 Å². The van der Waals surface area contributed by atoms with E-state index in [0.717, 1.165) is 98.1 Å². The second-order valence-corrected chi connectivity index (χ2v) is 15.2. The van der Waals surface area contributed by atoms with E-state index in [-0.39, 0.29) is 0 Å². The van der Waals surface area contributed by atoms with E-state index >= 15 is 0 Å². The Morgan fingerprint density at radius 2 is 0.608 bits per heavy atom. The molecule has 3 aliphatic carbocycles. The third-order valence-corrected chi connectivity index (χ3v) is 12.7. The molecule has 3 aliphatic rings. The van der Waals surface area contributed by atoms with Gasteiger partial charge in [-0.15, -0.1) is 34.0 Å². The Balaban J connectivity index is 1.52. The number of hydrogen-bond donors (Lipinski definition) is 0. The van der Waals surface area contributed by atoms with Crippen LogP contribution in [0.4, 0.5) is 0 Å². The molecule has 7 aromatic rings. The number of fused-ring (bicyclic) bond motifs is 12. The van der Waals surface area contributed by atoms with E-state index in [4.69, 9.17) is 0 Å². The molecule has 0 saturated carbocycles. The molecule has 234 valence electrons. The van der Waals surface area contributed by atoms with Crippen LogP contribution in [0, 0.1) is 34.0 Å². The SMILES string of the molecule is N#C/C(=C1/c2ccccc2-c2c1c1c(c3c2/C(=C(\C#N)c2cccs2)c2ccccc2-3)/C(=C(\C#N)c2cccs2)c2ccccc2-1)c1cccs1. The second kappa shape index (κ2) is 11.4. The molecule has 0 aliphatic heterocycles. The van der Waals surface area contributed by atoms with Gasteiger partial charge < -0.3 is 0 Å². The van der Waals surface area contributed by atoms with Crippen LogP contribution in [0.2, 0.25) is 0 Å². The lowest BCUT2D eigenvalue weighted by atomic mass is 9.82. The van der Waals surface area contributed by atoms with E-state index in [1.165, 1.54) is 0 Å². The average molecular weight is 700 g/mol. The highest BCUT2D eigenvalue weighted by Crippen LogP contribution is 2.66. The third kappa shape index (κ3) is 4.00. The number of nitrogens with zero attached hydrogens (tertiary/aromatic N) is 3. The predicted octanol–water partition coefficient (Wildman–Crippen LogP) is 12.3. The summed E-state index contributed by atoms with van der Waals surface area (Å²) in [6.45, 7) is 0. The number of rotatable bonds is 3. The summed E-state index contributed by atoms with van der Waals surface area (Å²) in [5.41, 5.74) is 16.6. The molecule has 0 radical (unpaired) electrons. The zero-order valence-electron chi connectivity index (χ0n) is 26.7. The van der Waals surface area contributed by atoms with Gasteiger partial charge in [0.25, 0.3) is 0 Å². The van der Waals surface area contributed by atoms with Crippen LogP contribution in [0.25, 0.3) is 66.8 Å². The lowest BCUT2D eigenvalue weighted by molar-refractivity contribution is 1.53. The van der Waals surface area contributed by atoms with Crippen molar-refractivity contribution in [1.29, 1.82) is 15.8 Å². The van der Waals surface area contributed by atoms with Crippen molar-refractivity contribution < 1.29 is 0 Å². The molecular formula is C45H21N3S3. The van der Waals surface area contributed by atoms with Crippen LogP contribution in [0.3, 0.4) is 0 Å². The van der Waals surface area contributed by atoms with Crippen LogP contribution in [-0.2, 0) is 0 Å². The first-order chi connectivity index (χ1) is 25.2. The molecule has 0 unspecified atom stereocenters. The van der Waals surface area contributed by atoms with Gasteiger partial charge in [-0.2, -0.15) is 15.8 Å². The summed E-state index contributed by atoms with van der Waals surface area (Å²) in [4.78, 5) is 2.70. The second-order valence-electron chi connectivity index (χ2n) is 12.4. The van der Waals surface area contributed by atoms with E-state index in [0.29, 0.717) is 16.7 Å². The monoisotopic (exact) mass is 699 g/mol. The molecule has 3 aromatic heterocycles. The van der Waals surface area contributed by atoms with Crippen molar-refractivity contribution in [2.75, 3.05) is 0 Å². The Morgan fingerprint density at radius 3 is 0.843 bits per heavy atom. The minimum atomic E-state index is 0.617. The minimum Gasteiger partial charge on any atom is -0.192 e. The molecule has 0 spiro atoms. The van der Waals surface area contributed by atoms with Crippen molar-refractivity contribution in [3.63, 3.8) is 0 Å². The summed E-state index contributed by atoms with van der Waals surface area (Å²) in [5, 5.41) is 39.0. The van der Waals surface area contributed by atoms with Crippen LogP contribution in [0.15, 0.2) is 125 Å². The molecule has 0 amide bonds. The van der Waals surface area contributed by atoms with Crippen LogP contribution in [0.5, 0.6) is 0 Å². The number of nitriles is 3. The summed E-state index contributed by atoms with van der Waals surface area (Å²) < 4.78 is 0. The van der Waals surface area contributed by atoms with Gasteiger partial charge in [-0.05, 0) is 84.4 Å². The minimum absolute atomic E-state index is 0.617. The van der Waals surface area contributed by atoms with Gasteiger partial charge in [-0.3, -0.25) is 0 Å². The summed E-state index contributed by atoms with van der Waals surface area (Å²) in [6.07, 6.45) is 0. The van der Waals surface area contributed by atoms with Crippen LogP contribution in [0.1, 0.15) is 48.0 Å². The van der Waals surface area contributed by atoms with E-state index in [1.54, 1.807) is 34.0 Å². The summed E-state index contributed by atoms with van der Waals surface area (Å²) in [6, 6.07) is 45.0. The van der Waals surface area contributed by atoms with E-state index < -0.39 is 0 Å². The molecule has 0 bridgehead atoms. The van der Waals surface area contributed by atoms with Gasteiger partial charge in [-0.25, -0.2) is 0 Å². The molecule has 6 heteroatoms. The molecule has 0 N–H and O–H groups in total. The van der Waals surface area contributed by atoms with Crippen molar-refractivity contribution in [2.24, 2.45) is 0 Å². The highest BCUT2D eigenvalue weighted by atomic mass is 32.1. The Labute approximate surface area is 306 Å². The number of allylic oxidation sites excluding steroid dienone is 3. The van der Waals surface area contributed by atoms with Crippen molar-refractivity contribution in [2.45, 2.75) is 0 Å². The highest BCUT2D eigenvalue weighted by Gasteiger charge is 2.44. The standard InChI is InChI=1S/C45H21N3S3/c46-22-31(34-16-7-19-49-34)37-25-10-1-4-13-28(25)40-43(37)41-29-14-5-2-11-26(29)39(33(24-48)36-18-9-21-51-36)45(41)42-30-15-6-3-12-27(30)38(44(40)42)32(23-47)35-17-8-20-50-35/h1-21H/b37-31+,38-32+,39-33+. The Kier molecular flexibility index (Phi) is 6.59. The Bertz CT molecular complexity index is 2520. The maximum absolute atomic E-state index is 11.0. The summed E-state index contributed by atoms with van der Waals surface area (Å²) in [5.74, 6) is 0. The highest BCUT2D eigenvalue weighted by molar-refractivity contribution is 7.12. The van der Waals surface area contributed by atoms with Crippen LogP contribution < -0.4 is 0 Å². The van der Waals surface area contributed by atoms with Gasteiger partial charge in [0.2, 0.25) is 0 Å². The van der Waals surface area contributed by atoms with Crippen molar-refractivity contribution >= 4 is 67.4 Å². The normalized spacial score (nSPS) is 15.7. The van der Waals surface area contributed by atoms with E-state index in [9.17, 15) is 15.8 Å². The lowest BCUT2D eigenvalue weighted by Crippen LogP contribution is -1.99. The third-order valence-electron chi connectivity index (χ3n) is 10.0.